The van der Waals surface area contributed by atoms with Crippen LogP contribution in [0.3, 0.4) is 0 Å². The van der Waals surface area contributed by atoms with Gasteiger partial charge in [0.15, 0.2) is 0 Å². The Hall–Kier alpha value is -1.98. The van der Waals surface area contributed by atoms with Crippen LogP contribution in [0.15, 0.2) is 12.4 Å². The van der Waals surface area contributed by atoms with Gasteiger partial charge in [-0.15, -0.1) is 0 Å². The van der Waals surface area contributed by atoms with Gasteiger partial charge in [0.25, 0.3) is 0 Å². The molecule has 2 aromatic rings. The van der Waals surface area contributed by atoms with Crippen LogP contribution >= 0.6 is 0 Å². The molecule has 72 valence electrons. The van der Waals surface area contributed by atoms with E-state index >= 15 is 0 Å². The number of fused-ring (bicyclic) bond motifs is 1. The Labute approximate surface area is 79.4 Å². The predicted octanol–water partition coefficient (Wildman–Crippen LogP) is 1.25. The molecule has 0 aliphatic carbocycles. The zero-order valence-electron chi connectivity index (χ0n) is 7.76. The van der Waals surface area contributed by atoms with Crippen molar-refractivity contribution in [1.29, 1.82) is 0 Å². The Morgan fingerprint density at radius 3 is 2.86 bits per heavy atom. The van der Waals surface area contributed by atoms with Crippen LogP contribution in [0.1, 0.15) is 11.3 Å². The van der Waals surface area contributed by atoms with Gasteiger partial charge in [-0.05, 0) is 18.8 Å². The second-order valence-electron chi connectivity index (χ2n) is 3.08. The minimum atomic E-state index is -0.448. The van der Waals surface area contributed by atoms with E-state index in [0.717, 1.165) is 5.56 Å². The summed E-state index contributed by atoms with van der Waals surface area (Å²) in [6.45, 7) is 3.42. The topological polar surface area (TPSA) is 73.3 Å². The van der Waals surface area contributed by atoms with Gasteiger partial charge >= 0.3 is 11.6 Å². The minimum Gasteiger partial charge on any atom is -0.358 e. The monoisotopic (exact) mass is 192 g/mol. The molecular formula is C8H8N4O2. The molecule has 0 amide bonds. The van der Waals surface area contributed by atoms with E-state index in [0.29, 0.717) is 11.5 Å². The molecule has 0 saturated carbocycles. The zero-order valence-corrected chi connectivity index (χ0v) is 7.76. The van der Waals surface area contributed by atoms with E-state index in [2.05, 4.69) is 9.97 Å². The predicted molar refractivity (Wildman–Crippen MR) is 49.1 cm³/mol. The first-order valence-corrected chi connectivity index (χ1v) is 4.05. The molecule has 0 aliphatic rings. The number of nitro groups is 1. The summed E-state index contributed by atoms with van der Waals surface area (Å²) in [4.78, 5) is 18.3. The summed E-state index contributed by atoms with van der Waals surface area (Å²) in [6.07, 6.45) is 3.28. The number of rotatable bonds is 1. The number of nitrogens with zero attached hydrogens (tertiary/aromatic N) is 4. The van der Waals surface area contributed by atoms with Gasteiger partial charge in [-0.25, -0.2) is 0 Å². The molecule has 0 bridgehead atoms. The van der Waals surface area contributed by atoms with Crippen LogP contribution in [0.5, 0.6) is 0 Å². The highest BCUT2D eigenvalue weighted by atomic mass is 16.6. The van der Waals surface area contributed by atoms with Crippen molar-refractivity contribution in [3.8, 4) is 0 Å². The first kappa shape index (κ1) is 8.61. The smallest absolute Gasteiger partial charge is 0.352 e. The van der Waals surface area contributed by atoms with Crippen molar-refractivity contribution in [3.63, 3.8) is 0 Å². The second-order valence-corrected chi connectivity index (χ2v) is 3.08. The summed E-state index contributed by atoms with van der Waals surface area (Å²) in [5.41, 5.74) is 1.24. The molecule has 0 radical (unpaired) electrons. The average Bonchev–Trinajstić information content (AvgIpc) is 2.40. The Morgan fingerprint density at radius 2 is 2.21 bits per heavy atom. The molecule has 0 aromatic carbocycles. The summed E-state index contributed by atoms with van der Waals surface area (Å²) in [6, 6.07) is 0. The third-order valence-electron chi connectivity index (χ3n) is 1.92. The molecule has 14 heavy (non-hydrogen) atoms. The Bertz CT molecular complexity index is 517. The molecule has 2 heterocycles. The first-order chi connectivity index (χ1) is 6.59. The first-order valence-electron chi connectivity index (χ1n) is 4.05. The van der Waals surface area contributed by atoms with Gasteiger partial charge in [0.05, 0.1) is 0 Å². The molecule has 0 aliphatic heterocycles. The van der Waals surface area contributed by atoms with E-state index in [1.54, 1.807) is 19.3 Å². The highest BCUT2D eigenvalue weighted by molar-refractivity contribution is 5.43. The molecule has 2 rings (SSSR count). The molecule has 6 heteroatoms. The maximum Gasteiger partial charge on any atom is 0.352 e. The maximum absolute atomic E-state index is 10.7. The summed E-state index contributed by atoms with van der Waals surface area (Å²) in [5, 5.41) is 10.7. The van der Waals surface area contributed by atoms with E-state index < -0.39 is 4.92 Å². The van der Waals surface area contributed by atoms with Crippen molar-refractivity contribution in [2.45, 2.75) is 13.8 Å². The number of hydrogen-bond donors (Lipinski definition) is 0. The van der Waals surface area contributed by atoms with E-state index in [4.69, 9.17) is 0 Å². The van der Waals surface area contributed by atoms with Gasteiger partial charge in [0.1, 0.15) is 11.9 Å². The Balaban J connectivity index is 2.86. The minimum absolute atomic E-state index is 0.0174. The quantitative estimate of drug-likeness (QED) is 0.503. The summed E-state index contributed by atoms with van der Waals surface area (Å²) in [7, 11) is 0. The van der Waals surface area contributed by atoms with Crippen LogP contribution in [0.2, 0.25) is 0 Å². The lowest BCUT2D eigenvalue weighted by atomic mass is 10.4. The Kier molecular flexibility index (Phi) is 1.70. The van der Waals surface area contributed by atoms with Gasteiger partial charge in [0.2, 0.25) is 0 Å². The van der Waals surface area contributed by atoms with Crippen LogP contribution in [-0.4, -0.2) is 19.3 Å². The molecule has 2 aromatic heterocycles. The molecule has 6 nitrogen and oxygen atoms in total. The third-order valence-corrected chi connectivity index (χ3v) is 1.92. The largest absolute Gasteiger partial charge is 0.358 e. The van der Waals surface area contributed by atoms with Gasteiger partial charge in [-0.3, -0.25) is 0 Å². The number of hydrogen-bond acceptors (Lipinski definition) is 4. The van der Waals surface area contributed by atoms with Gasteiger partial charge in [0, 0.05) is 11.8 Å². The normalized spacial score (nSPS) is 10.7. The fourth-order valence-electron chi connectivity index (χ4n) is 1.35. The molecule has 0 N–H and O–H groups in total. The van der Waals surface area contributed by atoms with Crippen molar-refractivity contribution >= 4 is 11.6 Å². The zero-order chi connectivity index (χ0) is 10.3. The molecule has 0 saturated heterocycles. The van der Waals surface area contributed by atoms with Gasteiger partial charge in [-0.2, -0.15) is 14.4 Å². The molecule has 0 unspecified atom stereocenters. The third kappa shape index (κ3) is 1.12. The molecular weight excluding hydrogens is 184 g/mol. The van der Waals surface area contributed by atoms with Crippen molar-refractivity contribution in [2.24, 2.45) is 0 Å². The highest BCUT2D eigenvalue weighted by Gasteiger charge is 2.19. The van der Waals surface area contributed by atoms with E-state index in [1.165, 1.54) is 4.40 Å². The van der Waals surface area contributed by atoms with E-state index in [-0.39, 0.29) is 5.82 Å². The lowest BCUT2D eigenvalue weighted by Crippen LogP contribution is -1.96. The second kappa shape index (κ2) is 2.76. The number of aromatic nitrogens is 3. The fraction of sp³-hybridized carbons (Fsp3) is 0.250. The molecule has 0 atom stereocenters. The SMILES string of the molecule is Cc1cnc2nc(C)c([N+](=O)[O-])n2c1. The van der Waals surface area contributed by atoms with Crippen LogP contribution in [0, 0.1) is 24.0 Å². The average molecular weight is 192 g/mol. The highest BCUT2D eigenvalue weighted by Crippen LogP contribution is 2.18. The lowest BCUT2D eigenvalue weighted by molar-refractivity contribution is -0.390. The van der Waals surface area contributed by atoms with Gasteiger partial charge < -0.3 is 10.1 Å². The lowest BCUT2D eigenvalue weighted by Gasteiger charge is -1.94. The van der Waals surface area contributed by atoms with Crippen molar-refractivity contribution < 1.29 is 4.92 Å². The van der Waals surface area contributed by atoms with Crippen LogP contribution in [-0.2, 0) is 0 Å². The van der Waals surface area contributed by atoms with Crippen molar-refractivity contribution in [1.82, 2.24) is 14.4 Å². The van der Waals surface area contributed by atoms with Crippen LogP contribution in [0.4, 0.5) is 5.82 Å². The van der Waals surface area contributed by atoms with E-state index in [9.17, 15) is 10.1 Å². The molecule has 0 spiro atoms. The number of imidazole rings is 1. The molecule has 0 fully saturated rings. The van der Waals surface area contributed by atoms with E-state index in [1.807, 2.05) is 6.92 Å². The van der Waals surface area contributed by atoms with Crippen molar-refractivity contribution in [3.05, 3.63) is 33.8 Å². The fourth-order valence-corrected chi connectivity index (χ4v) is 1.35. The summed E-state index contributed by atoms with van der Waals surface area (Å²) in [5.74, 6) is 0.344. The van der Waals surface area contributed by atoms with Gasteiger partial charge in [-0.1, -0.05) is 0 Å². The van der Waals surface area contributed by atoms with Crippen molar-refractivity contribution in [2.75, 3.05) is 0 Å². The van der Waals surface area contributed by atoms with Crippen LogP contribution < -0.4 is 0 Å². The van der Waals surface area contributed by atoms with Crippen LogP contribution in [0.25, 0.3) is 5.78 Å². The Morgan fingerprint density at radius 1 is 1.50 bits per heavy atom. The number of aryl methyl sites for hydroxylation is 2. The summed E-state index contributed by atoms with van der Waals surface area (Å²) >= 11 is 0. The summed E-state index contributed by atoms with van der Waals surface area (Å²) < 4.78 is 1.39. The standard InChI is InChI=1S/C8H8N4O2/c1-5-3-9-8-10-6(2)7(12(13)14)11(8)4-5/h3-4H,1-2H3. The maximum atomic E-state index is 10.7.